The summed E-state index contributed by atoms with van der Waals surface area (Å²) in [4.78, 5) is 23.5. The minimum atomic E-state index is 0.0626. The van der Waals surface area contributed by atoms with Crippen LogP contribution in [0.1, 0.15) is 42.6 Å². The number of hydrogen-bond donors (Lipinski definition) is 0. The van der Waals surface area contributed by atoms with Gasteiger partial charge in [0.1, 0.15) is 5.82 Å². The molecule has 0 spiro atoms. The first-order chi connectivity index (χ1) is 12.2. The molecule has 132 valence electrons. The fraction of sp³-hybridized carbons (Fsp3) is 0.579. The minimum Gasteiger partial charge on any atom is -0.355 e. The summed E-state index contributed by atoms with van der Waals surface area (Å²) in [6.07, 6.45) is 10.1. The highest BCUT2D eigenvalue weighted by Crippen LogP contribution is 2.23. The molecular weight excluding hydrogens is 314 g/mol. The quantitative estimate of drug-likeness (QED) is 0.857. The van der Waals surface area contributed by atoms with Gasteiger partial charge in [0.15, 0.2) is 0 Å². The number of piperidine rings is 1. The summed E-state index contributed by atoms with van der Waals surface area (Å²) < 4.78 is 1.71. The topological polar surface area (TPSA) is 63.9 Å². The molecule has 0 saturated carbocycles. The highest BCUT2D eigenvalue weighted by atomic mass is 16.1. The molecule has 0 unspecified atom stereocenters. The van der Waals surface area contributed by atoms with E-state index in [-0.39, 0.29) is 5.56 Å². The zero-order valence-electron chi connectivity index (χ0n) is 14.8. The van der Waals surface area contributed by atoms with Gasteiger partial charge in [-0.2, -0.15) is 5.10 Å². The molecule has 0 amide bonds. The van der Waals surface area contributed by atoms with Crippen LogP contribution >= 0.6 is 0 Å². The third kappa shape index (κ3) is 3.57. The summed E-state index contributed by atoms with van der Waals surface area (Å²) >= 11 is 0. The van der Waals surface area contributed by atoms with Crippen LogP contribution in [0.15, 0.2) is 23.3 Å². The normalized spacial score (nSPS) is 18.2. The molecule has 6 nitrogen and oxygen atoms in total. The minimum absolute atomic E-state index is 0.0626. The van der Waals surface area contributed by atoms with Crippen LogP contribution in [-0.4, -0.2) is 32.8 Å². The second-order valence-corrected chi connectivity index (χ2v) is 7.29. The SMILES string of the molecule is Cc1cncc(N2CCC(Cn3nc4c(cc3=O)CCCC4)CC2)n1. The zero-order valence-corrected chi connectivity index (χ0v) is 14.8. The number of nitrogens with zero attached hydrogens (tertiary/aromatic N) is 5. The Balaban J connectivity index is 1.41. The molecule has 4 rings (SSSR count). The van der Waals surface area contributed by atoms with E-state index in [1.54, 1.807) is 10.9 Å². The van der Waals surface area contributed by atoms with Gasteiger partial charge in [-0.3, -0.25) is 9.78 Å². The van der Waals surface area contributed by atoms with Crippen molar-refractivity contribution in [2.75, 3.05) is 18.0 Å². The zero-order chi connectivity index (χ0) is 17.2. The molecule has 0 bridgehead atoms. The van der Waals surface area contributed by atoms with Gasteiger partial charge in [0, 0.05) is 31.9 Å². The van der Waals surface area contributed by atoms with Gasteiger partial charge < -0.3 is 4.90 Å². The number of fused-ring (bicyclic) bond motifs is 1. The van der Waals surface area contributed by atoms with Gasteiger partial charge in [0.05, 0.1) is 17.6 Å². The lowest BCUT2D eigenvalue weighted by Gasteiger charge is -2.32. The fourth-order valence-corrected chi connectivity index (χ4v) is 3.92. The maximum absolute atomic E-state index is 12.4. The van der Waals surface area contributed by atoms with Crippen molar-refractivity contribution in [2.24, 2.45) is 5.92 Å². The molecule has 0 atom stereocenters. The predicted octanol–water partition coefficient (Wildman–Crippen LogP) is 2.14. The summed E-state index contributed by atoms with van der Waals surface area (Å²) in [6.45, 7) is 4.63. The van der Waals surface area contributed by atoms with E-state index in [0.29, 0.717) is 5.92 Å². The van der Waals surface area contributed by atoms with Gasteiger partial charge in [-0.25, -0.2) is 9.67 Å². The molecule has 1 aliphatic heterocycles. The average molecular weight is 339 g/mol. The van der Waals surface area contributed by atoms with E-state index in [9.17, 15) is 4.79 Å². The Bertz CT molecular complexity index is 808. The smallest absolute Gasteiger partial charge is 0.267 e. The predicted molar refractivity (Wildman–Crippen MR) is 96.8 cm³/mol. The maximum atomic E-state index is 12.4. The Morgan fingerprint density at radius 1 is 1.16 bits per heavy atom. The summed E-state index contributed by atoms with van der Waals surface area (Å²) in [7, 11) is 0. The second-order valence-electron chi connectivity index (χ2n) is 7.29. The van der Waals surface area contributed by atoms with Crippen LogP contribution in [0.5, 0.6) is 0 Å². The molecule has 2 aromatic heterocycles. The van der Waals surface area contributed by atoms with Gasteiger partial charge in [0.2, 0.25) is 0 Å². The van der Waals surface area contributed by atoms with Crippen LogP contribution in [0.2, 0.25) is 0 Å². The standard InChI is InChI=1S/C19H25N5O/c1-14-11-20-12-18(21-14)23-8-6-15(7-9-23)13-24-19(25)10-16-4-2-3-5-17(16)22-24/h10-12,15H,2-9,13H2,1H3. The molecule has 6 heteroatoms. The van der Waals surface area contributed by atoms with E-state index >= 15 is 0 Å². The van der Waals surface area contributed by atoms with Crippen molar-refractivity contribution in [3.05, 3.63) is 45.8 Å². The Labute approximate surface area is 147 Å². The Kier molecular flexibility index (Phi) is 4.51. The molecule has 1 aliphatic carbocycles. The molecule has 0 aromatic carbocycles. The van der Waals surface area contributed by atoms with E-state index in [1.807, 2.05) is 19.2 Å². The number of hydrogen-bond acceptors (Lipinski definition) is 5. The second kappa shape index (κ2) is 6.94. The summed E-state index contributed by atoms with van der Waals surface area (Å²) in [5.41, 5.74) is 3.32. The largest absolute Gasteiger partial charge is 0.355 e. The van der Waals surface area contributed by atoms with E-state index < -0.39 is 0 Å². The molecule has 1 fully saturated rings. The molecule has 2 aromatic rings. The van der Waals surface area contributed by atoms with Gasteiger partial charge in [0.25, 0.3) is 5.56 Å². The molecule has 0 N–H and O–H groups in total. The van der Waals surface area contributed by atoms with Gasteiger partial charge >= 0.3 is 0 Å². The molecule has 2 aliphatic rings. The average Bonchev–Trinajstić information content (AvgIpc) is 2.63. The van der Waals surface area contributed by atoms with Crippen molar-refractivity contribution in [2.45, 2.75) is 52.0 Å². The first-order valence-corrected chi connectivity index (χ1v) is 9.32. The third-order valence-electron chi connectivity index (χ3n) is 5.39. The van der Waals surface area contributed by atoms with Crippen molar-refractivity contribution in [3.8, 4) is 0 Å². The molecular formula is C19H25N5O. The molecule has 1 saturated heterocycles. The van der Waals surface area contributed by atoms with E-state index in [0.717, 1.165) is 62.5 Å². The maximum Gasteiger partial charge on any atom is 0.267 e. The molecule has 0 radical (unpaired) electrons. The Morgan fingerprint density at radius 2 is 1.96 bits per heavy atom. The fourth-order valence-electron chi connectivity index (χ4n) is 3.92. The number of aryl methyl sites for hydroxylation is 3. The van der Waals surface area contributed by atoms with Crippen LogP contribution in [-0.2, 0) is 19.4 Å². The molecule has 3 heterocycles. The lowest BCUT2D eigenvalue weighted by Crippen LogP contribution is -2.37. The lowest BCUT2D eigenvalue weighted by atomic mass is 9.96. The lowest BCUT2D eigenvalue weighted by molar-refractivity contribution is 0.331. The Morgan fingerprint density at radius 3 is 2.76 bits per heavy atom. The van der Waals surface area contributed by atoms with Gasteiger partial charge in [-0.1, -0.05) is 0 Å². The highest BCUT2D eigenvalue weighted by Gasteiger charge is 2.22. The van der Waals surface area contributed by atoms with Crippen LogP contribution in [0.4, 0.5) is 5.82 Å². The Hall–Kier alpha value is -2.24. The summed E-state index contributed by atoms with van der Waals surface area (Å²) in [5, 5.41) is 4.66. The molecule has 25 heavy (non-hydrogen) atoms. The summed E-state index contributed by atoms with van der Waals surface area (Å²) in [5.74, 6) is 1.46. The van der Waals surface area contributed by atoms with E-state index in [2.05, 4.69) is 20.0 Å². The van der Waals surface area contributed by atoms with E-state index in [4.69, 9.17) is 0 Å². The number of aromatic nitrogens is 4. The van der Waals surface area contributed by atoms with Crippen molar-refractivity contribution in [3.63, 3.8) is 0 Å². The first kappa shape index (κ1) is 16.2. The van der Waals surface area contributed by atoms with E-state index in [1.165, 1.54) is 18.4 Å². The van der Waals surface area contributed by atoms with Gasteiger partial charge in [-0.05, 0) is 56.9 Å². The van der Waals surface area contributed by atoms with Crippen LogP contribution in [0.3, 0.4) is 0 Å². The van der Waals surface area contributed by atoms with Crippen molar-refractivity contribution in [1.82, 2.24) is 19.7 Å². The first-order valence-electron chi connectivity index (χ1n) is 9.32. The van der Waals surface area contributed by atoms with Crippen molar-refractivity contribution in [1.29, 1.82) is 0 Å². The van der Waals surface area contributed by atoms with Crippen LogP contribution in [0, 0.1) is 12.8 Å². The van der Waals surface area contributed by atoms with Crippen LogP contribution < -0.4 is 10.5 Å². The third-order valence-corrected chi connectivity index (χ3v) is 5.39. The van der Waals surface area contributed by atoms with Gasteiger partial charge in [-0.15, -0.1) is 0 Å². The van der Waals surface area contributed by atoms with Crippen molar-refractivity contribution < 1.29 is 0 Å². The van der Waals surface area contributed by atoms with Crippen molar-refractivity contribution >= 4 is 5.82 Å². The summed E-state index contributed by atoms with van der Waals surface area (Å²) in [6, 6.07) is 1.82. The number of rotatable bonds is 3. The monoisotopic (exact) mass is 339 g/mol. The highest BCUT2D eigenvalue weighted by molar-refractivity contribution is 5.36. The number of anilines is 1. The van der Waals surface area contributed by atoms with Crippen LogP contribution in [0.25, 0.3) is 0 Å².